The number of anilines is 3. The van der Waals surface area contributed by atoms with Gasteiger partial charge in [-0.2, -0.15) is 0 Å². The van der Waals surface area contributed by atoms with Crippen molar-refractivity contribution in [2.75, 3.05) is 4.90 Å². The second-order valence-electron chi connectivity index (χ2n) is 19.9. The molecule has 0 aliphatic heterocycles. The SMILES string of the molecule is CC1(C)c2ccccc2-c2cccc(-c3ccccc3-c3ccc(N(c4ccc(-c5ccc(-c6ccccc6-c6ccccc6)cc5)cc4)c4ccc5c(c4)C4(CCCC4)c4ccccc4-5)cc3)c21. The van der Waals surface area contributed by atoms with Gasteiger partial charge in [0, 0.05) is 27.9 Å². The van der Waals surface area contributed by atoms with E-state index in [0.29, 0.717) is 0 Å². The van der Waals surface area contributed by atoms with Crippen LogP contribution in [0.25, 0.3) is 77.9 Å². The minimum absolute atomic E-state index is 0.0757. The molecule has 0 atom stereocenters. The Hall–Kier alpha value is -8.00. The van der Waals surface area contributed by atoms with E-state index in [-0.39, 0.29) is 10.8 Å². The summed E-state index contributed by atoms with van der Waals surface area (Å²) in [6.07, 6.45) is 4.94. The second-order valence-corrected chi connectivity index (χ2v) is 19.9. The normalized spacial score (nSPS) is 14.5. The number of hydrogen-bond donors (Lipinski definition) is 0. The first-order valence-electron chi connectivity index (χ1n) is 24.8. The molecule has 0 amide bonds. The molecule has 0 saturated heterocycles. The van der Waals surface area contributed by atoms with Crippen molar-refractivity contribution >= 4 is 17.1 Å². The zero-order valence-corrected chi connectivity index (χ0v) is 39.3. The Morgan fingerprint density at radius 3 is 1.29 bits per heavy atom. The van der Waals surface area contributed by atoms with Gasteiger partial charge in [-0.1, -0.05) is 227 Å². The van der Waals surface area contributed by atoms with Crippen molar-refractivity contribution in [3.63, 3.8) is 0 Å². The average Bonchev–Trinajstić information content (AvgIpc) is 4.09. The molecular formula is C68H53N. The zero-order valence-electron chi connectivity index (χ0n) is 39.3. The molecule has 3 aliphatic carbocycles. The van der Waals surface area contributed by atoms with Gasteiger partial charge in [-0.25, -0.2) is 0 Å². The summed E-state index contributed by atoms with van der Waals surface area (Å²) in [6, 6.07) is 88.2. The molecule has 0 radical (unpaired) electrons. The Bertz CT molecular complexity index is 3550. The third-order valence-corrected chi connectivity index (χ3v) is 15.9. The monoisotopic (exact) mass is 883 g/mol. The summed E-state index contributed by atoms with van der Waals surface area (Å²) in [5, 5.41) is 0. The van der Waals surface area contributed by atoms with Crippen molar-refractivity contribution in [3.05, 3.63) is 259 Å². The van der Waals surface area contributed by atoms with Gasteiger partial charge < -0.3 is 4.90 Å². The number of hydrogen-bond acceptors (Lipinski definition) is 1. The van der Waals surface area contributed by atoms with Crippen LogP contribution in [-0.2, 0) is 10.8 Å². The van der Waals surface area contributed by atoms with E-state index in [1.165, 1.54) is 132 Å². The van der Waals surface area contributed by atoms with Crippen LogP contribution in [0.3, 0.4) is 0 Å². The lowest BCUT2D eigenvalue weighted by Gasteiger charge is -2.30. The summed E-state index contributed by atoms with van der Waals surface area (Å²) in [7, 11) is 0. The van der Waals surface area contributed by atoms with Crippen molar-refractivity contribution < 1.29 is 0 Å². The topological polar surface area (TPSA) is 3.24 Å². The molecule has 69 heavy (non-hydrogen) atoms. The molecule has 1 fully saturated rings. The van der Waals surface area contributed by atoms with E-state index in [1.807, 2.05) is 0 Å². The number of nitrogens with zero attached hydrogens (tertiary/aromatic N) is 1. The quantitative estimate of drug-likeness (QED) is 0.147. The van der Waals surface area contributed by atoms with E-state index in [4.69, 9.17) is 0 Å². The molecular weight excluding hydrogens is 831 g/mol. The van der Waals surface area contributed by atoms with E-state index in [1.54, 1.807) is 0 Å². The summed E-state index contributed by atoms with van der Waals surface area (Å²) in [6.45, 7) is 4.77. The lowest BCUT2D eigenvalue weighted by atomic mass is 9.76. The minimum Gasteiger partial charge on any atom is -0.310 e. The summed E-state index contributed by atoms with van der Waals surface area (Å²) >= 11 is 0. The van der Waals surface area contributed by atoms with Crippen LogP contribution in [0, 0.1) is 0 Å². The van der Waals surface area contributed by atoms with E-state index in [2.05, 4.69) is 255 Å². The van der Waals surface area contributed by atoms with Crippen LogP contribution >= 0.6 is 0 Å². The van der Waals surface area contributed by atoms with Crippen molar-refractivity contribution in [1.82, 2.24) is 0 Å². The van der Waals surface area contributed by atoms with Crippen LogP contribution in [0.2, 0.25) is 0 Å². The van der Waals surface area contributed by atoms with Gasteiger partial charge in [0.2, 0.25) is 0 Å². The second kappa shape index (κ2) is 16.4. The van der Waals surface area contributed by atoms with E-state index in [9.17, 15) is 0 Å². The molecule has 0 unspecified atom stereocenters. The Morgan fingerprint density at radius 2 is 0.681 bits per heavy atom. The molecule has 1 spiro atoms. The highest BCUT2D eigenvalue weighted by molar-refractivity contribution is 5.94. The molecule has 0 bridgehead atoms. The number of fused-ring (bicyclic) bond motifs is 8. The first kappa shape index (κ1) is 41.2. The minimum atomic E-state index is -0.109. The zero-order chi connectivity index (χ0) is 46.1. The van der Waals surface area contributed by atoms with Crippen LogP contribution in [0.15, 0.2) is 237 Å². The Kier molecular flexibility index (Phi) is 9.77. The van der Waals surface area contributed by atoms with Crippen molar-refractivity contribution in [3.8, 4) is 77.9 Å². The fraction of sp³-hybridized carbons (Fsp3) is 0.118. The van der Waals surface area contributed by atoms with Gasteiger partial charge in [0.25, 0.3) is 0 Å². The third-order valence-electron chi connectivity index (χ3n) is 15.9. The highest BCUT2D eigenvalue weighted by atomic mass is 15.1. The lowest BCUT2D eigenvalue weighted by molar-refractivity contribution is 0.550. The maximum Gasteiger partial charge on any atom is 0.0465 e. The fourth-order valence-electron chi connectivity index (χ4n) is 12.6. The predicted octanol–water partition coefficient (Wildman–Crippen LogP) is 18.6. The molecule has 10 aromatic rings. The molecule has 1 nitrogen and oxygen atoms in total. The van der Waals surface area contributed by atoms with Gasteiger partial charge in [0.05, 0.1) is 0 Å². The van der Waals surface area contributed by atoms with Crippen LogP contribution in [0.5, 0.6) is 0 Å². The molecule has 1 saturated carbocycles. The predicted molar refractivity (Wildman–Crippen MR) is 291 cm³/mol. The third kappa shape index (κ3) is 6.67. The summed E-state index contributed by atoms with van der Waals surface area (Å²) in [4.78, 5) is 2.47. The van der Waals surface area contributed by atoms with Crippen molar-refractivity contribution in [2.45, 2.75) is 50.4 Å². The summed E-state index contributed by atoms with van der Waals surface area (Å²) < 4.78 is 0. The highest BCUT2D eigenvalue weighted by Crippen LogP contribution is 2.58. The largest absolute Gasteiger partial charge is 0.310 e. The average molecular weight is 884 g/mol. The van der Waals surface area contributed by atoms with Gasteiger partial charge in [0.1, 0.15) is 0 Å². The fourth-order valence-corrected chi connectivity index (χ4v) is 12.6. The molecule has 0 heterocycles. The van der Waals surface area contributed by atoms with Crippen molar-refractivity contribution in [2.24, 2.45) is 0 Å². The smallest absolute Gasteiger partial charge is 0.0465 e. The van der Waals surface area contributed by atoms with Crippen LogP contribution in [0.4, 0.5) is 17.1 Å². The molecule has 1 heteroatoms. The van der Waals surface area contributed by atoms with E-state index in [0.717, 1.165) is 11.4 Å². The molecule has 330 valence electrons. The van der Waals surface area contributed by atoms with Crippen LogP contribution < -0.4 is 4.90 Å². The Balaban J connectivity index is 0.883. The maximum absolute atomic E-state index is 2.53. The molecule has 3 aliphatic rings. The summed E-state index contributed by atoms with van der Waals surface area (Å²) in [5.41, 5.74) is 27.1. The number of rotatable bonds is 8. The molecule has 0 aromatic heterocycles. The Morgan fingerprint density at radius 1 is 0.290 bits per heavy atom. The standard InChI is InChI=1S/C68H53N/c1-67(2)63-27-12-10-24-59(63)62-26-16-25-61(66(62)67)57-22-9-8-21-56(57)50-35-39-52(40-36-50)69(53-41-42-60-58-23-11-13-28-64(58)68(65(60)45-53)43-14-15-44-68)51-37-33-47(34-38-51)46-29-31-49(32-30-46)55-20-7-6-19-54(55)48-17-4-3-5-18-48/h3-13,16-42,45H,14-15,43-44H2,1-2H3. The molecule has 0 N–H and O–H groups in total. The maximum atomic E-state index is 2.53. The van der Waals surface area contributed by atoms with Gasteiger partial charge >= 0.3 is 0 Å². The number of benzene rings is 10. The Labute approximate surface area is 407 Å². The van der Waals surface area contributed by atoms with Crippen LogP contribution in [-0.4, -0.2) is 0 Å². The molecule has 13 rings (SSSR count). The van der Waals surface area contributed by atoms with E-state index < -0.39 is 0 Å². The molecule has 10 aromatic carbocycles. The van der Waals surface area contributed by atoms with Crippen LogP contribution in [0.1, 0.15) is 61.8 Å². The van der Waals surface area contributed by atoms with E-state index >= 15 is 0 Å². The van der Waals surface area contributed by atoms with Gasteiger partial charge in [-0.3, -0.25) is 0 Å². The first-order valence-corrected chi connectivity index (χ1v) is 24.8. The van der Waals surface area contributed by atoms with Gasteiger partial charge in [0.15, 0.2) is 0 Å². The van der Waals surface area contributed by atoms with Crippen molar-refractivity contribution in [1.29, 1.82) is 0 Å². The summed E-state index contributed by atoms with van der Waals surface area (Å²) in [5.74, 6) is 0. The van der Waals surface area contributed by atoms with Gasteiger partial charge in [-0.15, -0.1) is 0 Å². The lowest BCUT2D eigenvalue weighted by Crippen LogP contribution is -2.21. The first-order chi connectivity index (χ1) is 34.0. The highest BCUT2D eigenvalue weighted by Gasteiger charge is 2.45. The van der Waals surface area contributed by atoms with Gasteiger partial charge in [-0.05, 0) is 149 Å².